The third kappa shape index (κ3) is 2.41. The van der Waals surface area contributed by atoms with Crippen LogP contribution in [0.3, 0.4) is 0 Å². The lowest BCUT2D eigenvalue weighted by Crippen LogP contribution is -2.39. The van der Waals surface area contributed by atoms with Gasteiger partial charge in [-0.05, 0) is 49.5 Å². The van der Waals surface area contributed by atoms with Gasteiger partial charge in [-0.15, -0.1) is 0 Å². The first-order chi connectivity index (χ1) is 11.2. The standard InChI is InChI=1S/C19H22O4/c20-10-12-8-14(22)9-17-15-2-1-3-16(15)18(23-19(12)17)11-4-6-13(21)7-5-11/h4,6-9,11,15-16,18,20-22H,1-3,5,10H2/t11?,15-,16+,18+/m1/s1. The van der Waals surface area contributed by atoms with E-state index in [4.69, 9.17) is 4.74 Å². The molecule has 2 aliphatic carbocycles. The topological polar surface area (TPSA) is 69.9 Å². The normalized spacial score (nSPS) is 32.0. The Morgan fingerprint density at radius 3 is 2.78 bits per heavy atom. The van der Waals surface area contributed by atoms with Crippen LogP contribution in [0.2, 0.25) is 0 Å². The summed E-state index contributed by atoms with van der Waals surface area (Å²) in [4.78, 5) is 0. The molecule has 1 fully saturated rings. The molecule has 0 amide bonds. The number of rotatable bonds is 2. The molecular formula is C19H22O4. The van der Waals surface area contributed by atoms with Gasteiger partial charge in [-0.3, -0.25) is 0 Å². The van der Waals surface area contributed by atoms with Crippen molar-refractivity contribution in [3.63, 3.8) is 0 Å². The molecule has 1 aromatic rings. The molecule has 0 radical (unpaired) electrons. The zero-order valence-electron chi connectivity index (χ0n) is 13.0. The summed E-state index contributed by atoms with van der Waals surface area (Å²) in [5, 5.41) is 29.1. The highest BCUT2D eigenvalue weighted by Crippen LogP contribution is 2.53. The van der Waals surface area contributed by atoms with Gasteiger partial charge in [0.25, 0.3) is 0 Å². The number of phenolic OH excluding ortho intramolecular Hbond substituents is 1. The van der Waals surface area contributed by atoms with Gasteiger partial charge in [0.2, 0.25) is 0 Å². The van der Waals surface area contributed by atoms with Crippen LogP contribution in [0.4, 0.5) is 0 Å². The third-order valence-corrected chi connectivity index (χ3v) is 5.53. The molecule has 0 aromatic heterocycles. The lowest BCUT2D eigenvalue weighted by Gasteiger charge is -2.40. The van der Waals surface area contributed by atoms with Crippen molar-refractivity contribution in [1.82, 2.24) is 0 Å². The first-order valence-electron chi connectivity index (χ1n) is 8.38. The van der Waals surface area contributed by atoms with E-state index in [9.17, 15) is 15.3 Å². The van der Waals surface area contributed by atoms with Crippen molar-refractivity contribution in [2.75, 3.05) is 0 Å². The van der Waals surface area contributed by atoms with E-state index in [2.05, 4.69) is 0 Å². The first kappa shape index (κ1) is 14.6. The van der Waals surface area contributed by atoms with Crippen LogP contribution >= 0.6 is 0 Å². The fourth-order valence-corrected chi connectivity index (χ4v) is 4.50. The Morgan fingerprint density at radius 2 is 2.04 bits per heavy atom. The number of allylic oxidation sites excluding steroid dienone is 2. The number of hydrogen-bond donors (Lipinski definition) is 3. The molecule has 3 aliphatic rings. The predicted molar refractivity (Wildman–Crippen MR) is 86.5 cm³/mol. The number of ether oxygens (including phenoxy) is 1. The summed E-state index contributed by atoms with van der Waals surface area (Å²) in [5.41, 5.74) is 1.71. The van der Waals surface area contributed by atoms with E-state index in [-0.39, 0.29) is 24.4 Å². The van der Waals surface area contributed by atoms with E-state index in [0.717, 1.165) is 37.0 Å². The van der Waals surface area contributed by atoms with Gasteiger partial charge < -0.3 is 20.1 Å². The summed E-state index contributed by atoms with van der Waals surface area (Å²) in [5.74, 6) is 2.33. The highest BCUT2D eigenvalue weighted by atomic mass is 16.5. The largest absolute Gasteiger partial charge is 0.508 e. The smallest absolute Gasteiger partial charge is 0.129 e. The third-order valence-electron chi connectivity index (χ3n) is 5.53. The number of aromatic hydroxyl groups is 1. The number of fused-ring (bicyclic) bond motifs is 3. The Kier molecular flexibility index (Phi) is 3.57. The molecule has 1 aromatic carbocycles. The van der Waals surface area contributed by atoms with Crippen molar-refractivity contribution in [3.8, 4) is 11.5 Å². The Bertz CT molecular complexity index is 676. The van der Waals surface area contributed by atoms with E-state index in [1.807, 2.05) is 12.2 Å². The minimum atomic E-state index is -0.137. The van der Waals surface area contributed by atoms with Crippen LogP contribution < -0.4 is 4.74 Å². The molecule has 4 atom stereocenters. The van der Waals surface area contributed by atoms with Crippen LogP contribution in [0.5, 0.6) is 11.5 Å². The summed E-state index contributed by atoms with van der Waals surface area (Å²) in [6.07, 6.45) is 9.86. The summed E-state index contributed by atoms with van der Waals surface area (Å²) >= 11 is 0. The van der Waals surface area contributed by atoms with Crippen LogP contribution in [0.15, 0.2) is 36.1 Å². The number of phenols is 1. The Hall–Kier alpha value is -1.94. The van der Waals surface area contributed by atoms with E-state index in [1.165, 1.54) is 0 Å². The summed E-state index contributed by atoms with van der Waals surface area (Å²) < 4.78 is 6.36. The molecular weight excluding hydrogens is 292 g/mol. The second-order valence-corrected chi connectivity index (χ2v) is 6.85. The van der Waals surface area contributed by atoms with Gasteiger partial charge in [0.15, 0.2) is 0 Å². The second-order valence-electron chi connectivity index (χ2n) is 6.85. The maximum absolute atomic E-state index is 9.95. The SMILES string of the molecule is OCc1cc(O)cc2c1O[C@@H](C1C=CC(O)=CC1)[C@H]1CCC[C@@H]21. The van der Waals surface area contributed by atoms with Crippen molar-refractivity contribution >= 4 is 0 Å². The van der Waals surface area contributed by atoms with Crippen molar-refractivity contribution < 1.29 is 20.1 Å². The molecule has 1 unspecified atom stereocenters. The van der Waals surface area contributed by atoms with Gasteiger partial charge >= 0.3 is 0 Å². The van der Waals surface area contributed by atoms with Crippen molar-refractivity contribution in [1.29, 1.82) is 0 Å². The molecule has 1 aliphatic heterocycles. The average Bonchev–Trinajstić information content (AvgIpc) is 3.04. The van der Waals surface area contributed by atoms with E-state index in [0.29, 0.717) is 23.2 Å². The summed E-state index contributed by atoms with van der Waals surface area (Å²) in [7, 11) is 0. The van der Waals surface area contributed by atoms with E-state index >= 15 is 0 Å². The molecule has 0 saturated heterocycles. The lowest BCUT2D eigenvalue weighted by atomic mass is 9.76. The van der Waals surface area contributed by atoms with Crippen molar-refractivity contribution in [3.05, 3.63) is 47.2 Å². The fourth-order valence-electron chi connectivity index (χ4n) is 4.50. The number of aliphatic hydroxyl groups excluding tert-OH is 2. The molecule has 4 rings (SSSR count). The highest BCUT2D eigenvalue weighted by Gasteiger charge is 2.44. The second kappa shape index (κ2) is 5.60. The minimum Gasteiger partial charge on any atom is -0.508 e. The molecule has 4 nitrogen and oxygen atoms in total. The number of aliphatic hydroxyl groups is 2. The van der Waals surface area contributed by atoms with Gasteiger partial charge in [-0.2, -0.15) is 0 Å². The van der Waals surface area contributed by atoms with Gasteiger partial charge in [0.1, 0.15) is 23.4 Å². The Labute approximate surface area is 135 Å². The van der Waals surface area contributed by atoms with E-state index in [1.54, 1.807) is 18.2 Å². The van der Waals surface area contributed by atoms with Gasteiger partial charge in [-0.1, -0.05) is 12.5 Å². The van der Waals surface area contributed by atoms with Crippen molar-refractivity contribution in [2.45, 2.75) is 44.3 Å². The molecule has 0 spiro atoms. The lowest BCUT2D eigenvalue weighted by molar-refractivity contribution is 0.0647. The maximum Gasteiger partial charge on any atom is 0.129 e. The zero-order valence-corrected chi connectivity index (χ0v) is 13.0. The highest BCUT2D eigenvalue weighted by molar-refractivity contribution is 5.50. The van der Waals surface area contributed by atoms with Crippen LogP contribution in [-0.4, -0.2) is 21.4 Å². The Morgan fingerprint density at radius 1 is 1.17 bits per heavy atom. The first-order valence-corrected chi connectivity index (χ1v) is 8.38. The Balaban J connectivity index is 1.73. The molecule has 1 heterocycles. The molecule has 0 bridgehead atoms. The van der Waals surface area contributed by atoms with Gasteiger partial charge in [0.05, 0.1) is 6.61 Å². The van der Waals surface area contributed by atoms with Gasteiger partial charge in [0, 0.05) is 23.0 Å². The van der Waals surface area contributed by atoms with E-state index < -0.39 is 0 Å². The molecule has 122 valence electrons. The number of hydrogen-bond acceptors (Lipinski definition) is 4. The van der Waals surface area contributed by atoms with Crippen LogP contribution in [0, 0.1) is 11.8 Å². The molecule has 23 heavy (non-hydrogen) atoms. The molecule has 3 N–H and O–H groups in total. The molecule has 1 saturated carbocycles. The molecule has 4 heteroatoms. The predicted octanol–water partition coefficient (Wildman–Crippen LogP) is 3.55. The van der Waals surface area contributed by atoms with Crippen molar-refractivity contribution in [2.24, 2.45) is 11.8 Å². The maximum atomic E-state index is 9.95. The number of benzene rings is 1. The average molecular weight is 314 g/mol. The van der Waals surface area contributed by atoms with Crippen LogP contribution in [-0.2, 0) is 6.61 Å². The summed E-state index contributed by atoms with van der Waals surface area (Å²) in [6.45, 7) is -0.137. The monoisotopic (exact) mass is 314 g/mol. The quantitative estimate of drug-likeness (QED) is 0.781. The van der Waals surface area contributed by atoms with Crippen LogP contribution in [0.25, 0.3) is 0 Å². The van der Waals surface area contributed by atoms with Gasteiger partial charge in [-0.25, -0.2) is 0 Å². The fraction of sp³-hybridized carbons (Fsp3) is 0.474. The summed E-state index contributed by atoms with van der Waals surface area (Å²) in [6, 6.07) is 3.39. The minimum absolute atomic E-state index is 0.0606. The van der Waals surface area contributed by atoms with Crippen LogP contribution in [0.1, 0.15) is 42.7 Å². The zero-order chi connectivity index (χ0) is 16.0.